The molecule has 0 radical (unpaired) electrons. The summed E-state index contributed by atoms with van der Waals surface area (Å²) in [5.74, 6) is -3.07. The summed E-state index contributed by atoms with van der Waals surface area (Å²) in [5, 5.41) is 22.2. The predicted octanol–water partition coefficient (Wildman–Crippen LogP) is 0.491. The Balaban J connectivity index is 2.08. The molecule has 7 atom stereocenters. The fourth-order valence-electron chi connectivity index (χ4n) is 5.22. The highest BCUT2D eigenvalue weighted by Crippen LogP contribution is 2.59. The van der Waals surface area contributed by atoms with Gasteiger partial charge in [0.1, 0.15) is 24.4 Å². The van der Waals surface area contributed by atoms with E-state index in [0.717, 1.165) is 0 Å². The second kappa shape index (κ2) is 6.60. The van der Waals surface area contributed by atoms with Crippen molar-refractivity contribution in [1.29, 1.82) is 0 Å². The van der Waals surface area contributed by atoms with E-state index in [4.69, 9.17) is 14.2 Å². The summed E-state index contributed by atoms with van der Waals surface area (Å²) in [7, 11) is 0. The molecule has 27 heavy (non-hydrogen) atoms. The number of rotatable bonds is 3. The van der Waals surface area contributed by atoms with E-state index in [0.29, 0.717) is 0 Å². The first-order chi connectivity index (χ1) is 12.5. The molecule has 0 aromatic rings. The molecule has 2 N–H and O–H groups in total. The molecule has 0 bridgehead atoms. The van der Waals surface area contributed by atoms with Crippen molar-refractivity contribution in [2.24, 2.45) is 17.3 Å². The molecule has 2 aliphatic carbocycles. The lowest BCUT2D eigenvalue weighted by molar-refractivity contribution is -0.250. The molecule has 1 aliphatic heterocycles. The second-order valence-corrected chi connectivity index (χ2v) is 8.19. The molecule has 0 aromatic carbocycles. The van der Waals surface area contributed by atoms with Crippen LogP contribution in [0.25, 0.3) is 0 Å². The van der Waals surface area contributed by atoms with E-state index >= 15 is 0 Å². The molecule has 1 saturated heterocycles. The summed E-state index contributed by atoms with van der Waals surface area (Å²) in [6, 6.07) is 0. The number of esters is 3. The first-order valence-electron chi connectivity index (χ1n) is 9.10. The van der Waals surface area contributed by atoms with E-state index in [1.54, 1.807) is 6.92 Å². The van der Waals surface area contributed by atoms with E-state index in [9.17, 15) is 24.6 Å². The van der Waals surface area contributed by atoms with Crippen LogP contribution in [0.2, 0.25) is 0 Å². The molecule has 8 nitrogen and oxygen atoms in total. The molecule has 0 aromatic heterocycles. The van der Waals surface area contributed by atoms with Crippen LogP contribution in [0.5, 0.6) is 0 Å². The van der Waals surface area contributed by atoms with Crippen LogP contribution in [0.1, 0.15) is 40.0 Å². The maximum atomic E-state index is 12.1. The van der Waals surface area contributed by atoms with Crippen molar-refractivity contribution >= 4 is 17.9 Å². The summed E-state index contributed by atoms with van der Waals surface area (Å²) in [6.07, 6.45) is -1.59. The van der Waals surface area contributed by atoms with E-state index in [1.165, 1.54) is 13.8 Å². The zero-order valence-electron chi connectivity index (χ0n) is 15.8. The quantitative estimate of drug-likeness (QED) is 0.411. The largest absolute Gasteiger partial charge is 0.463 e. The van der Waals surface area contributed by atoms with Crippen LogP contribution in [-0.2, 0) is 28.6 Å². The Morgan fingerprint density at radius 3 is 2.59 bits per heavy atom. The highest BCUT2D eigenvalue weighted by molar-refractivity contribution is 5.91. The summed E-state index contributed by atoms with van der Waals surface area (Å²) in [5.41, 5.74) is -2.24. The zero-order valence-corrected chi connectivity index (χ0v) is 15.8. The van der Waals surface area contributed by atoms with Gasteiger partial charge in [0.25, 0.3) is 0 Å². The van der Waals surface area contributed by atoms with Gasteiger partial charge in [0, 0.05) is 30.8 Å². The Morgan fingerprint density at radius 2 is 2.00 bits per heavy atom. The number of fused-ring (bicyclic) bond motifs is 2. The number of ether oxygens (including phenoxy) is 3. The minimum absolute atomic E-state index is 0.165. The number of aliphatic hydroxyl groups excluding tert-OH is 1. The topological polar surface area (TPSA) is 119 Å². The van der Waals surface area contributed by atoms with Gasteiger partial charge in [-0.25, -0.2) is 4.79 Å². The molecule has 3 aliphatic rings. The van der Waals surface area contributed by atoms with Gasteiger partial charge < -0.3 is 24.4 Å². The van der Waals surface area contributed by atoms with Crippen molar-refractivity contribution in [2.45, 2.75) is 63.9 Å². The van der Waals surface area contributed by atoms with Gasteiger partial charge in [0.15, 0.2) is 0 Å². The molecule has 3 fully saturated rings. The van der Waals surface area contributed by atoms with Crippen molar-refractivity contribution in [2.75, 3.05) is 6.61 Å². The predicted molar refractivity (Wildman–Crippen MR) is 91.1 cm³/mol. The van der Waals surface area contributed by atoms with Gasteiger partial charge in [0.2, 0.25) is 0 Å². The molecule has 1 heterocycles. The Morgan fingerprint density at radius 1 is 1.33 bits per heavy atom. The summed E-state index contributed by atoms with van der Waals surface area (Å²) in [4.78, 5) is 35.2. The fourth-order valence-corrected chi connectivity index (χ4v) is 5.22. The van der Waals surface area contributed by atoms with Crippen LogP contribution in [0.3, 0.4) is 0 Å². The maximum absolute atomic E-state index is 12.1. The number of carbonyl (C=O) groups excluding carboxylic acids is 3. The lowest BCUT2D eigenvalue weighted by atomic mass is 9.50. The average Bonchev–Trinajstić information content (AvgIpc) is 2.83. The van der Waals surface area contributed by atoms with Gasteiger partial charge in [-0.3, -0.25) is 9.59 Å². The highest BCUT2D eigenvalue weighted by Gasteiger charge is 2.67. The summed E-state index contributed by atoms with van der Waals surface area (Å²) in [6.45, 7) is 7.76. The van der Waals surface area contributed by atoms with E-state index in [2.05, 4.69) is 6.58 Å². The average molecular weight is 382 g/mol. The Kier molecular flexibility index (Phi) is 4.84. The van der Waals surface area contributed by atoms with E-state index in [1.807, 2.05) is 0 Å². The van der Waals surface area contributed by atoms with Gasteiger partial charge in [0.05, 0.1) is 12.0 Å². The van der Waals surface area contributed by atoms with Crippen LogP contribution in [0.4, 0.5) is 0 Å². The summed E-state index contributed by atoms with van der Waals surface area (Å²) >= 11 is 0. The monoisotopic (exact) mass is 382 g/mol. The Hall–Kier alpha value is -1.93. The SMILES string of the molecule is C=C1C(=O)O[C@H]2C[C@@]3(C)[C@H](O)CC[C@](O)(COC(C)=O)[C@@H]3[C@@H](OC(C)=O)[C@H]12. The van der Waals surface area contributed by atoms with E-state index in [-0.39, 0.29) is 31.4 Å². The molecule has 3 rings (SSSR count). The van der Waals surface area contributed by atoms with E-state index < -0.39 is 59.1 Å². The lowest BCUT2D eigenvalue weighted by Gasteiger charge is -2.59. The van der Waals surface area contributed by atoms with Crippen LogP contribution >= 0.6 is 0 Å². The fraction of sp³-hybridized carbons (Fsp3) is 0.737. The third-order valence-electron chi connectivity index (χ3n) is 6.38. The molecule has 2 saturated carbocycles. The number of aliphatic hydroxyl groups is 2. The molecule has 0 spiro atoms. The van der Waals surface area contributed by atoms with Gasteiger partial charge in [-0.15, -0.1) is 0 Å². The van der Waals surface area contributed by atoms with Crippen molar-refractivity contribution in [3.05, 3.63) is 12.2 Å². The normalized spacial score (nSPS) is 43.4. The van der Waals surface area contributed by atoms with Crippen LogP contribution in [0, 0.1) is 17.3 Å². The first-order valence-corrected chi connectivity index (χ1v) is 9.10. The minimum Gasteiger partial charge on any atom is -0.463 e. The molecule has 8 heteroatoms. The minimum atomic E-state index is -1.52. The molecule has 150 valence electrons. The molecular weight excluding hydrogens is 356 g/mol. The summed E-state index contributed by atoms with van der Waals surface area (Å²) < 4.78 is 16.1. The Labute approximate surface area is 157 Å². The van der Waals surface area contributed by atoms with Gasteiger partial charge in [-0.05, 0) is 19.3 Å². The maximum Gasteiger partial charge on any atom is 0.334 e. The van der Waals surface area contributed by atoms with Gasteiger partial charge in [-0.2, -0.15) is 0 Å². The molecular formula is C19H26O8. The number of carbonyl (C=O) groups is 3. The number of hydrogen-bond acceptors (Lipinski definition) is 8. The van der Waals surface area contributed by atoms with Crippen LogP contribution < -0.4 is 0 Å². The first kappa shape index (κ1) is 19.8. The van der Waals surface area contributed by atoms with Crippen molar-refractivity contribution < 1.29 is 38.8 Å². The van der Waals surface area contributed by atoms with Gasteiger partial charge in [-0.1, -0.05) is 13.5 Å². The lowest BCUT2D eigenvalue weighted by Crippen LogP contribution is -2.67. The standard InChI is InChI=1S/C19H26O8/c1-9-14-12(27-17(9)23)7-18(4)13(22)5-6-19(24,8-25-10(2)20)16(18)15(14)26-11(3)21/h12-16,22,24H,1,5-8H2,2-4H3/t12-,13+,14+,15-,16+,18-,19-/m0/s1. The van der Waals surface area contributed by atoms with Gasteiger partial charge >= 0.3 is 17.9 Å². The second-order valence-electron chi connectivity index (χ2n) is 8.19. The van der Waals surface area contributed by atoms with Crippen molar-refractivity contribution in [1.82, 2.24) is 0 Å². The third-order valence-corrected chi connectivity index (χ3v) is 6.38. The molecule has 0 unspecified atom stereocenters. The Bertz CT molecular complexity index is 687. The highest BCUT2D eigenvalue weighted by atomic mass is 16.6. The van der Waals surface area contributed by atoms with Crippen LogP contribution in [0.15, 0.2) is 12.2 Å². The van der Waals surface area contributed by atoms with Crippen LogP contribution in [-0.4, -0.2) is 58.6 Å². The van der Waals surface area contributed by atoms with Crippen molar-refractivity contribution in [3.8, 4) is 0 Å². The van der Waals surface area contributed by atoms with Crippen molar-refractivity contribution in [3.63, 3.8) is 0 Å². The smallest absolute Gasteiger partial charge is 0.334 e. The molecule has 0 amide bonds. The third kappa shape index (κ3) is 3.14. The zero-order chi connectivity index (χ0) is 20.1. The number of hydrogen-bond donors (Lipinski definition) is 2.